The van der Waals surface area contributed by atoms with Crippen LogP contribution in [0.25, 0.3) is 0 Å². The molecule has 2 rings (SSSR count). The molecule has 2 nitrogen and oxygen atoms in total. The Balaban J connectivity index is 1.66. The predicted molar refractivity (Wildman–Crippen MR) is 78.9 cm³/mol. The first-order valence-electron chi connectivity index (χ1n) is 8.28. The van der Waals surface area contributed by atoms with Gasteiger partial charge in [-0.25, -0.2) is 0 Å². The Bertz CT molecular complexity index is 223. The highest BCUT2D eigenvalue weighted by Crippen LogP contribution is 2.24. The van der Waals surface area contributed by atoms with Gasteiger partial charge in [0.15, 0.2) is 0 Å². The topological polar surface area (TPSA) is 15.3 Å². The number of hydrogen-bond donors (Lipinski definition) is 1. The fraction of sp³-hybridized carbons (Fsp3) is 1.00. The van der Waals surface area contributed by atoms with E-state index in [0.717, 1.165) is 18.0 Å². The maximum atomic E-state index is 3.82. The van der Waals surface area contributed by atoms with Crippen LogP contribution in [-0.4, -0.2) is 36.6 Å². The number of rotatable bonds is 6. The molecule has 2 fully saturated rings. The Kier molecular flexibility index (Phi) is 5.97. The fourth-order valence-corrected chi connectivity index (χ4v) is 3.88. The first-order valence-corrected chi connectivity index (χ1v) is 8.28. The van der Waals surface area contributed by atoms with E-state index in [1.807, 2.05) is 0 Å². The Hall–Kier alpha value is -0.0800. The highest BCUT2D eigenvalue weighted by Gasteiger charge is 2.23. The van der Waals surface area contributed by atoms with Crippen molar-refractivity contribution in [1.29, 1.82) is 0 Å². The molecule has 0 aromatic heterocycles. The molecule has 0 bridgehead atoms. The van der Waals surface area contributed by atoms with Crippen LogP contribution in [0.5, 0.6) is 0 Å². The van der Waals surface area contributed by atoms with Crippen molar-refractivity contribution >= 4 is 0 Å². The summed E-state index contributed by atoms with van der Waals surface area (Å²) in [7, 11) is 0. The second-order valence-corrected chi connectivity index (χ2v) is 6.39. The number of hydrogen-bond acceptors (Lipinski definition) is 2. The van der Waals surface area contributed by atoms with Crippen molar-refractivity contribution in [3.8, 4) is 0 Å². The highest BCUT2D eigenvalue weighted by molar-refractivity contribution is 4.80. The van der Waals surface area contributed by atoms with Gasteiger partial charge in [0, 0.05) is 25.2 Å². The van der Waals surface area contributed by atoms with E-state index in [1.54, 1.807) is 0 Å². The molecule has 0 spiro atoms. The van der Waals surface area contributed by atoms with E-state index in [0.29, 0.717) is 0 Å². The van der Waals surface area contributed by atoms with Gasteiger partial charge in [0.05, 0.1) is 0 Å². The minimum absolute atomic E-state index is 0.793. The van der Waals surface area contributed by atoms with E-state index in [2.05, 4.69) is 24.1 Å². The van der Waals surface area contributed by atoms with Crippen molar-refractivity contribution in [3.05, 3.63) is 0 Å². The molecular weight excluding hydrogens is 220 g/mol. The van der Waals surface area contributed by atoms with Gasteiger partial charge in [0.1, 0.15) is 0 Å². The lowest BCUT2D eigenvalue weighted by atomic mass is 9.86. The van der Waals surface area contributed by atoms with Gasteiger partial charge in [-0.3, -0.25) is 4.90 Å². The van der Waals surface area contributed by atoms with Gasteiger partial charge in [-0.1, -0.05) is 39.5 Å². The standard InChI is InChI=1S/C16H32N2/c1-3-18(15-9-5-6-10-15)13-12-17-16-11-7-4-8-14(16)2/h14-17H,3-13H2,1-2H3. The third kappa shape index (κ3) is 3.96. The number of nitrogens with one attached hydrogen (secondary N) is 1. The maximum absolute atomic E-state index is 3.82. The van der Waals surface area contributed by atoms with E-state index in [9.17, 15) is 0 Å². The van der Waals surface area contributed by atoms with Crippen LogP contribution in [0.3, 0.4) is 0 Å². The Labute approximate surface area is 114 Å². The van der Waals surface area contributed by atoms with Gasteiger partial charge in [0.25, 0.3) is 0 Å². The van der Waals surface area contributed by atoms with Crippen LogP contribution >= 0.6 is 0 Å². The van der Waals surface area contributed by atoms with Crippen molar-refractivity contribution in [2.24, 2.45) is 5.92 Å². The van der Waals surface area contributed by atoms with Crippen molar-refractivity contribution in [2.75, 3.05) is 19.6 Å². The van der Waals surface area contributed by atoms with Crippen LogP contribution in [0.15, 0.2) is 0 Å². The summed E-state index contributed by atoms with van der Waals surface area (Å²) in [5, 5.41) is 3.82. The fourth-order valence-electron chi connectivity index (χ4n) is 3.88. The molecule has 0 radical (unpaired) electrons. The summed E-state index contributed by atoms with van der Waals surface area (Å²) < 4.78 is 0. The molecule has 2 aliphatic carbocycles. The van der Waals surface area contributed by atoms with Crippen LogP contribution < -0.4 is 5.32 Å². The van der Waals surface area contributed by atoms with E-state index in [4.69, 9.17) is 0 Å². The highest BCUT2D eigenvalue weighted by atomic mass is 15.2. The zero-order valence-electron chi connectivity index (χ0n) is 12.5. The zero-order chi connectivity index (χ0) is 12.8. The van der Waals surface area contributed by atoms with Crippen LogP contribution in [0.4, 0.5) is 0 Å². The van der Waals surface area contributed by atoms with E-state index >= 15 is 0 Å². The lowest BCUT2D eigenvalue weighted by Gasteiger charge is -2.32. The van der Waals surface area contributed by atoms with Crippen LogP contribution in [0.1, 0.15) is 65.2 Å². The Morgan fingerprint density at radius 3 is 2.33 bits per heavy atom. The summed E-state index contributed by atoms with van der Waals surface area (Å²) >= 11 is 0. The molecule has 2 unspecified atom stereocenters. The first-order chi connectivity index (χ1) is 8.81. The normalized spacial score (nSPS) is 30.2. The number of likely N-dealkylation sites (N-methyl/N-ethyl adjacent to an activating group) is 1. The lowest BCUT2D eigenvalue weighted by Crippen LogP contribution is -2.43. The Morgan fingerprint density at radius 1 is 1.00 bits per heavy atom. The van der Waals surface area contributed by atoms with Gasteiger partial charge in [-0.15, -0.1) is 0 Å². The van der Waals surface area contributed by atoms with Gasteiger partial charge < -0.3 is 5.32 Å². The average molecular weight is 252 g/mol. The molecule has 0 aliphatic heterocycles. The SMILES string of the molecule is CCN(CCNC1CCCCC1C)C1CCCC1. The average Bonchev–Trinajstić information content (AvgIpc) is 2.90. The van der Waals surface area contributed by atoms with E-state index in [1.165, 1.54) is 71.0 Å². The van der Waals surface area contributed by atoms with Crippen molar-refractivity contribution < 1.29 is 0 Å². The second kappa shape index (κ2) is 7.49. The monoisotopic (exact) mass is 252 g/mol. The molecular formula is C16H32N2. The van der Waals surface area contributed by atoms with E-state index < -0.39 is 0 Å². The minimum atomic E-state index is 0.793. The largest absolute Gasteiger partial charge is 0.312 e. The van der Waals surface area contributed by atoms with Crippen LogP contribution in [0.2, 0.25) is 0 Å². The molecule has 106 valence electrons. The zero-order valence-corrected chi connectivity index (χ0v) is 12.5. The molecule has 0 saturated heterocycles. The molecule has 2 atom stereocenters. The third-order valence-electron chi connectivity index (χ3n) is 5.16. The Morgan fingerprint density at radius 2 is 1.67 bits per heavy atom. The second-order valence-electron chi connectivity index (χ2n) is 6.39. The molecule has 2 heteroatoms. The summed E-state index contributed by atoms with van der Waals surface area (Å²) in [6, 6.07) is 1.68. The molecule has 0 amide bonds. The smallest absolute Gasteiger partial charge is 0.0110 e. The van der Waals surface area contributed by atoms with E-state index in [-0.39, 0.29) is 0 Å². The number of nitrogens with zero attached hydrogens (tertiary/aromatic N) is 1. The van der Waals surface area contributed by atoms with Crippen molar-refractivity contribution in [2.45, 2.75) is 77.3 Å². The summed E-state index contributed by atoms with van der Waals surface area (Å²) in [6.07, 6.45) is 11.5. The molecule has 0 aromatic rings. The van der Waals surface area contributed by atoms with Crippen molar-refractivity contribution in [3.63, 3.8) is 0 Å². The van der Waals surface area contributed by atoms with Crippen molar-refractivity contribution in [1.82, 2.24) is 10.2 Å². The summed E-state index contributed by atoms with van der Waals surface area (Å²) in [4.78, 5) is 2.70. The quantitative estimate of drug-likeness (QED) is 0.779. The predicted octanol–water partition coefficient (Wildman–Crippen LogP) is 3.42. The molecule has 0 aromatic carbocycles. The lowest BCUT2D eigenvalue weighted by molar-refractivity contribution is 0.197. The minimum Gasteiger partial charge on any atom is -0.312 e. The van der Waals surface area contributed by atoms with Gasteiger partial charge in [-0.05, 0) is 38.1 Å². The molecule has 1 N–H and O–H groups in total. The van der Waals surface area contributed by atoms with Crippen LogP contribution in [0, 0.1) is 5.92 Å². The van der Waals surface area contributed by atoms with Gasteiger partial charge in [-0.2, -0.15) is 0 Å². The third-order valence-corrected chi connectivity index (χ3v) is 5.16. The summed E-state index contributed by atoms with van der Waals surface area (Å²) in [5.41, 5.74) is 0. The summed E-state index contributed by atoms with van der Waals surface area (Å²) in [5.74, 6) is 0.889. The molecule has 0 heterocycles. The molecule has 2 saturated carbocycles. The summed E-state index contributed by atoms with van der Waals surface area (Å²) in [6.45, 7) is 8.42. The van der Waals surface area contributed by atoms with Crippen LogP contribution in [-0.2, 0) is 0 Å². The molecule has 18 heavy (non-hydrogen) atoms. The first kappa shape index (κ1) is 14.3. The molecule has 2 aliphatic rings. The van der Waals surface area contributed by atoms with Gasteiger partial charge >= 0.3 is 0 Å². The van der Waals surface area contributed by atoms with Gasteiger partial charge in [0.2, 0.25) is 0 Å². The maximum Gasteiger partial charge on any atom is 0.0110 e.